The fourth-order valence-electron chi connectivity index (χ4n) is 2.88. The van der Waals surface area contributed by atoms with Gasteiger partial charge in [0.05, 0.1) is 0 Å². The van der Waals surface area contributed by atoms with E-state index in [1.807, 2.05) is 0 Å². The molecule has 3 unspecified atom stereocenters. The number of hydrogen-bond donors (Lipinski definition) is 0. The average Bonchev–Trinajstić information content (AvgIpc) is 2.44. The molecule has 2 saturated carbocycles. The van der Waals surface area contributed by atoms with Crippen molar-refractivity contribution in [3.63, 3.8) is 0 Å². The summed E-state index contributed by atoms with van der Waals surface area (Å²) < 4.78 is 0. The van der Waals surface area contributed by atoms with Crippen molar-refractivity contribution in [1.82, 2.24) is 0 Å². The first-order valence-corrected chi connectivity index (χ1v) is 4.46. The van der Waals surface area contributed by atoms with E-state index in [-0.39, 0.29) is 0 Å². The van der Waals surface area contributed by atoms with E-state index in [1.165, 1.54) is 19.3 Å². The van der Waals surface area contributed by atoms with Gasteiger partial charge in [-0.3, -0.25) is 0 Å². The van der Waals surface area contributed by atoms with E-state index in [0.717, 1.165) is 17.8 Å². The number of fused-ring (bicyclic) bond motifs is 2. The third-order valence-electron chi connectivity index (χ3n) is 3.35. The normalized spacial score (nSPS) is 49.0. The fourth-order valence-corrected chi connectivity index (χ4v) is 2.88. The van der Waals surface area contributed by atoms with Gasteiger partial charge in [-0.25, -0.2) is 0 Å². The Hall–Kier alpha value is -0.260. The average molecular weight is 136 g/mol. The maximum absolute atomic E-state index is 2.41. The van der Waals surface area contributed by atoms with E-state index in [4.69, 9.17) is 0 Å². The minimum atomic E-state index is 0.981. The van der Waals surface area contributed by atoms with Crippen LogP contribution in [0.2, 0.25) is 0 Å². The molecule has 0 N–H and O–H groups in total. The monoisotopic (exact) mass is 136 g/mol. The molecule has 0 aliphatic heterocycles. The third-order valence-corrected chi connectivity index (χ3v) is 3.35. The Labute approximate surface area is 63.3 Å². The van der Waals surface area contributed by atoms with Gasteiger partial charge in [0.25, 0.3) is 0 Å². The summed E-state index contributed by atoms with van der Waals surface area (Å²) in [5.74, 6) is 3.03. The molecule has 0 amide bonds. The first-order chi connectivity index (χ1) is 4.81. The van der Waals surface area contributed by atoms with E-state index in [0.29, 0.717) is 0 Å². The lowest BCUT2D eigenvalue weighted by atomic mass is 9.86. The van der Waals surface area contributed by atoms with E-state index in [9.17, 15) is 0 Å². The molecule has 56 valence electrons. The summed E-state index contributed by atoms with van der Waals surface area (Å²) in [7, 11) is 0. The Morgan fingerprint density at radius 2 is 2.20 bits per heavy atom. The lowest BCUT2D eigenvalue weighted by Gasteiger charge is -2.19. The van der Waals surface area contributed by atoms with Crippen LogP contribution in [-0.4, -0.2) is 0 Å². The molecule has 3 atom stereocenters. The Balaban J connectivity index is 2.20. The van der Waals surface area contributed by atoms with Crippen molar-refractivity contribution in [1.29, 1.82) is 0 Å². The number of allylic oxidation sites excluding steroid dienone is 2. The van der Waals surface area contributed by atoms with Crippen LogP contribution < -0.4 is 0 Å². The third kappa shape index (κ3) is 0.744. The highest BCUT2D eigenvalue weighted by Gasteiger charge is 2.39. The molecule has 2 aliphatic carbocycles. The standard InChI is InChI=1S/C10H16/c1-3-9-5-8-4-7(2)10(9)6-8/h3,7-8,10H,4-6H2,1-2H3/b9-3-. The first kappa shape index (κ1) is 6.45. The van der Waals surface area contributed by atoms with Crippen molar-refractivity contribution in [3.05, 3.63) is 11.6 Å². The Bertz CT molecular complexity index is 167. The van der Waals surface area contributed by atoms with Crippen molar-refractivity contribution >= 4 is 0 Å². The molecule has 0 heteroatoms. The second-order valence-electron chi connectivity index (χ2n) is 3.99. The predicted molar refractivity (Wildman–Crippen MR) is 43.8 cm³/mol. The van der Waals surface area contributed by atoms with Gasteiger partial charge in [-0.15, -0.1) is 0 Å². The summed E-state index contributed by atoms with van der Waals surface area (Å²) in [5, 5.41) is 0. The van der Waals surface area contributed by atoms with Crippen LogP contribution in [-0.2, 0) is 0 Å². The fraction of sp³-hybridized carbons (Fsp3) is 0.800. The van der Waals surface area contributed by atoms with Gasteiger partial charge in [0.1, 0.15) is 0 Å². The molecule has 2 aliphatic rings. The summed E-state index contributed by atoms with van der Waals surface area (Å²) in [5.41, 5.74) is 1.75. The van der Waals surface area contributed by atoms with Gasteiger partial charge >= 0.3 is 0 Å². The van der Waals surface area contributed by atoms with Crippen molar-refractivity contribution in [2.24, 2.45) is 17.8 Å². The molecule has 0 radical (unpaired) electrons. The SMILES string of the molecule is C/C=C1/CC2CC(C)C1C2. The molecular weight excluding hydrogens is 120 g/mol. The van der Waals surface area contributed by atoms with Gasteiger partial charge in [0, 0.05) is 0 Å². The Morgan fingerprint density at radius 1 is 1.40 bits per heavy atom. The van der Waals surface area contributed by atoms with Gasteiger partial charge in [0.15, 0.2) is 0 Å². The van der Waals surface area contributed by atoms with Crippen LogP contribution in [0.15, 0.2) is 11.6 Å². The molecule has 0 nitrogen and oxygen atoms in total. The lowest BCUT2D eigenvalue weighted by Crippen LogP contribution is -2.08. The molecule has 2 bridgehead atoms. The van der Waals surface area contributed by atoms with Crippen LogP contribution >= 0.6 is 0 Å². The highest BCUT2D eigenvalue weighted by atomic mass is 14.4. The van der Waals surface area contributed by atoms with E-state index in [2.05, 4.69) is 19.9 Å². The van der Waals surface area contributed by atoms with Crippen molar-refractivity contribution in [3.8, 4) is 0 Å². The van der Waals surface area contributed by atoms with Gasteiger partial charge in [-0.05, 0) is 43.9 Å². The second kappa shape index (κ2) is 2.11. The van der Waals surface area contributed by atoms with Crippen molar-refractivity contribution in [2.45, 2.75) is 33.1 Å². The Kier molecular flexibility index (Phi) is 1.36. The molecule has 0 aromatic heterocycles. The van der Waals surface area contributed by atoms with Crippen molar-refractivity contribution in [2.75, 3.05) is 0 Å². The van der Waals surface area contributed by atoms with Crippen molar-refractivity contribution < 1.29 is 0 Å². The zero-order valence-corrected chi connectivity index (χ0v) is 6.93. The molecule has 0 aromatic carbocycles. The molecule has 0 heterocycles. The minimum absolute atomic E-state index is 0.981. The van der Waals surface area contributed by atoms with Crippen LogP contribution in [0, 0.1) is 17.8 Å². The minimum Gasteiger partial charge on any atom is -0.0882 e. The molecular formula is C10H16. The van der Waals surface area contributed by atoms with Crippen LogP contribution in [0.1, 0.15) is 33.1 Å². The van der Waals surface area contributed by atoms with Gasteiger partial charge in [-0.2, -0.15) is 0 Å². The number of rotatable bonds is 0. The highest BCUT2D eigenvalue weighted by Crippen LogP contribution is 2.51. The summed E-state index contributed by atoms with van der Waals surface area (Å²) >= 11 is 0. The largest absolute Gasteiger partial charge is 0.0882 e. The molecule has 2 fully saturated rings. The van der Waals surface area contributed by atoms with Crippen LogP contribution in [0.5, 0.6) is 0 Å². The number of hydrogen-bond acceptors (Lipinski definition) is 0. The maximum Gasteiger partial charge on any atom is -0.0175 e. The maximum atomic E-state index is 2.41. The Morgan fingerprint density at radius 3 is 2.60 bits per heavy atom. The van der Waals surface area contributed by atoms with Crippen LogP contribution in [0.3, 0.4) is 0 Å². The van der Waals surface area contributed by atoms with Gasteiger partial charge < -0.3 is 0 Å². The van der Waals surface area contributed by atoms with Gasteiger partial charge in [-0.1, -0.05) is 18.6 Å². The quantitative estimate of drug-likeness (QED) is 0.449. The molecule has 2 rings (SSSR count). The zero-order chi connectivity index (χ0) is 7.14. The highest BCUT2D eigenvalue weighted by molar-refractivity contribution is 5.17. The summed E-state index contributed by atoms with van der Waals surface area (Å²) in [6, 6.07) is 0. The molecule has 10 heavy (non-hydrogen) atoms. The van der Waals surface area contributed by atoms with Gasteiger partial charge in [0.2, 0.25) is 0 Å². The molecule has 0 aromatic rings. The van der Waals surface area contributed by atoms with E-state index in [1.54, 1.807) is 5.57 Å². The van der Waals surface area contributed by atoms with E-state index < -0.39 is 0 Å². The summed E-state index contributed by atoms with van der Waals surface area (Å²) in [6.07, 6.45) is 6.77. The zero-order valence-electron chi connectivity index (χ0n) is 6.93. The first-order valence-electron chi connectivity index (χ1n) is 4.46. The summed E-state index contributed by atoms with van der Waals surface area (Å²) in [4.78, 5) is 0. The molecule has 0 spiro atoms. The predicted octanol–water partition coefficient (Wildman–Crippen LogP) is 3.00. The van der Waals surface area contributed by atoms with Crippen LogP contribution in [0.25, 0.3) is 0 Å². The topological polar surface area (TPSA) is 0 Å². The second-order valence-corrected chi connectivity index (χ2v) is 3.99. The molecule has 0 saturated heterocycles. The van der Waals surface area contributed by atoms with E-state index >= 15 is 0 Å². The van der Waals surface area contributed by atoms with Crippen LogP contribution in [0.4, 0.5) is 0 Å². The summed E-state index contributed by atoms with van der Waals surface area (Å²) in [6.45, 7) is 4.61. The smallest absolute Gasteiger partial charge is 0.0175 e. The lowest BCUT2D eigenvalue weighted by molar-refractivity contribution is 0.431.